The molecule has 18 heavy (non-hydrogen) atoms. The van der Waals surface area contributed by atoms with Crippen LogP contribution in [0.5, 0.6) is 5.75 Å². The van der Waals surface area contributed by atoms with Crippen LogP contribution in [-0.4, -0.2) is 24.1 Å². The summed E-state index contributed by atoms with van der Waals surface area (Å²) in [5, 5.41) is 10.9. The van der Waals surface area contributed by atoms with Crippen LogP contribution >= 0.6 is 23.2 Å². The second kappa shape index (κ2) is 5.88. The van der Waals surface area contributed by atoms with Crippen molar-refractivity contribution in [3.8, 4) is 5.75 Å². The Balaban J connectivity index is 3.11. The molecule has 1 unspecified atom stereocenters. The maximum absolute atomic E-state index is 11.2. The zero-order valence-electron chi connectivity index (χ0n) is 9.48. The molecule has 1 atom stereocenters. The zero-order valence-corrected chi connectivity index (χ0v) is 11.0. The third kappa shape index (κ3) is 3.24. The number of esters is 1. The molecule has 1 aromatic carbocycles. The van der Waals surface area contributed by atoms with Crippen LogP contribution in [0.15, 0.2) is 12.1 Å². The third-order valence-corrected chi connectivity index (χ3v) is 2.76. The molecule has 0 fully saturated rings. The Morgan fingerprint density at radius 3 is 2.44 bits per heavy atom. The maximum atomic E-state index is 11.2. The monoisotopic (exact) mass is 293 g/mol. The minimum Gasteiger partial charge on any atom is -0.472 e. The van der Waals surface area contributed by atoms with Gasteiger partial charge in [0.05, 0.1) is 22.1 Å². The summed E-state index contributed by atoms with van der Waals surface area (Å²) in [4.78, 5) is 21.3. The highest BCUT2D eigenvalue weighted by Gasteiger charge is 2.23. The number of methoxy groups -OCH3 is 1. The van der Waals surface area contributed by atoms with Crippen LogP contribution in [0.2, 0.25) is 10.0 Å². The maximum Gasteiger partial charge on any atom is 0.346 e. The van der Waals surface area contributed by atoms with Gasteiger partial charge in [-0.1, -0.05) is 23.2 Å². The summed E-state index contributed by atoms with van der Waals surface area (Å²) >= 11 is 11.4. The highest BCUT2D eigenvalue weighted by atomic mass is 35.5. The number of nitro benzene ring substituents is 1. The molecule has 0 radical (unpaired) electrons. The van der Waals surface area contributed by atoms with E-state index in [4.69, 9.17) is 27.9 Å². The van der Waals surface area contributed by atoms with E-state index in [1.54, 1.807) is 0 Å². The van der Waals surface area contributed by atoms with Crippen molar-refractivity contribution in [2.45, 2.75) is 13.0 Å². The largest absolute Gasteiger partial charge is 0.472 e. The molecule has 0 bridgehead atoms. The smallest absolute Gasteiger partial charge is 0.346 e. The first kappa shape index (κ1) is 14.5. The van der Waals surface area contributed by atoms with E-state index in [0.717, 1.165) is 6.07 Å². The minimum atomic E-state index is -0.994. The molecule has 1 rings (SSSR count). The lowest BCUT2D eigenvalue weighted by atomic mass is 10.3. The van der Waals surface area contributed by atoms with Crippen LogP contribution in [0.1, 0.15) is 6.92 Å². The van der Waals surface area contributed by atoms with Crippen molar-refractivity contribution < 1.29 is 19.2 Å². The molecule has 0 aliphatic heterocycles. The van der Waals surface area contributed by atoms with Crippen LogP contribution in [-0.2, 0) is 9.53 Å². The first-order valence-corrected chi connectivity index (χ1v) is 5.50. The first-order chi connectivity index (χ1) is 8.36. The van der Waals surface area contributed by atoms with Gasteiger partial charge < -0.3 is 9.47 Å². The van der Waals surface area contributed by atoms with Gasteiger partial charge in [0.15, 0.2) is 11.9 Å². The van der Waals surface area contributed by atoms with E-state index in [2.05, 4.69) is 4.74 Å². The van der Waals surface area contributed by atoms with Gasteiger partial charge >= 0.3 is 11.7 Å². The van der Waals surface area contributed by atoms with E-state index in [9.17, 15) is 14.9 Å². The van der Waals surface area contributed by atoms with E-state index in [1.807, 2.05) is 0 Å². The Morgan fingerprint density at radius 2 is 1.94 bits per heavy atom. The fourth-order valence-electron chi connectivity index (χ4n) is 1.16. The van der Waals surface area contributed by atoms with Crippen LogP contribution < -0.4 is 4.74 Å². The van der Waals surface area contributed by atoms with Gasteiger partial charge in [0, 0.05) is 12.1 Å². The van der Waals surface area contributed by atoms with Gasteiger partial charge in [0.25, 0.3) is 0 Å². The number of benzene rings is 1. The van der Waals surface area contributed by atoms with Crippen molar-refractivity contribution >= 4 is 34.9 Å². The number of rotatable bonds is 4. The highest BCUT2D eigenvalue weighted by Crippen LogP contribution is 2.36. The Kier molecular flexibility index (Phi) is 4.75. The van der Waals surface area contributed by atoms with E-state index >= 15 is 0 Å². The molecule has 0 aliphatic carbocycles. The Labute approximate surface area is 113 Å². The van der Waals surface area contributed by atoms with Gasteiger partial charge in [-0.15, -0.1) is 0 Å². The molecular formula is C10H9Cl2NO5. The van der Waals surface area contributed by atoms with Gasteiger partial charge in [-0.2, -0.15) is 0 Å². The number of nitrogens with zero attached hydrogens (tertiary/aromatic N) is 1. The molecular weight excluding hydrogens is 285 g/mol. The summed E-state index contributed by atoms with van der Waals surface area (Å²) in [5.41, 5.74) is -0.375. The van der Waals surface area contributed by atoms with Crippen molar-refractivity contribution in [1.82, 2.24) is 0 Å². The normalized spacial score (nSPS) is 11.8. The highest BCUT2D eigenvalue weighted by molar-refractivity contribution is 6.42. The lowest BCUT2D eigenvalue weighted by Gasteiger charge is -2.12. The fraction of sp³-hybridized carbons (Fsp3) is 0.300. The van der Waals surface area contributed by atoms with Gasteiger partial charge in [-0.25, -0.2) is 4.79 Å². The predicted molar refractivity (Wildman–Crippen MR) is 65.2 cm³/mol. The second-order valence-electron chi connectivity index (χ2n) is 3.27. The number of ether oxygens (including phenoxy) is 2. The van der Waals surface area contributed by atoms with Crippen molar-refractivity contribution in [2.75, 3.05) is 7.11 Å². The van der Waals surface area contributed by atoms with Gasteiger partial charge in [-0.3, -0.25) is 10.1 Å². The number of nitro groups is 1. The number of halogens is 2. The van der Waals surface area contributed by atoms with Crippen LogP contribution in [0, 0.1) is 10.1 Å². The van der Waals surface area contributed by atoms with Gasteiger partial charge in [0.2, 0.25) is 0 Å². The van der Waals surface area contributed by atoms with Crippen LogP contribution in [0.4, 0.5) is 5.69 Å². The SMILES string of the molecule is COC(=O)C(C)Oc1cc(Cl)c(Cl)cc1[N+](=O)[O-]. The number of hydrogen-bond donors (Lipinski definition) is 0. The summed E-state index contributed by atoms with van der Waals surface area (Å²) < 4.78 is 9.58. The predicted octanol–water partition coefficient (Wildman–Crippen LogP) is 2.84. The standard InChI is InChI=1S/C10H9Cl2NO5/c1-5(10(14)17-2)18-9-4-7(12)6(11)3-8(9)13(15)16/h3-5H,1-2H3. The van der Waals surface area contributed by atoms with E-state index in [1.165, 1.54) is 20.1 Å². The topological polar surface area (TPSA) is 78.7 Å². The number of hydrogen-bond acceptors (Lipinski definition) is 5. The Bertz CT molecular complexity index is 491. The molecule has 0 spiro atoms. The molecule has 0 aromatic heterocycles. The van der Waals surface area contributed by atoms with Crippen LogP contribution in [0.3, 0.4) is 0 Å². The quantitative estimate of drug-likeness (QED) is 0.484. The van der Waals surface area contributed by atoms with Crippen molar-refractivity contribution in [2.24, 2.45) is 0 Å². The van der Waals surface area contributed by atoms with Crippen molar-refractivity contribution in [3.63, 3.8) is 0 Å². The van der Waals surface area contributed by atoms with Gasteiger partial charge in [-0.05, 0) is 6.92 Å². The molecule has 1 aromatic rings. The zero-order chi connectivity index (χ0) is 13.9. The molecule has 0 N–H and O–H groups in total. The second-order valence-corrected chi connectivity index (χ2v) is 4.09. The molecule has 6 nitrogen and oxygen atoms in total. The molecule has 0 saturated heterocycles. The summed E-state index contributed by atoms with van der Waals surface area (Å²) in [5.74, 6) is -0.803. The molecule has 98 valence electrons. The van der Waals surface area contributed by atoms with Crippen molar-refractivity contribution in [3.05, 3.63) is 32.3 Å². The molecule has 0 saturated carbocycles. The minimum absolute atomic E-state index is 0.0291. The molecule has 8 heteroatoms. The Hall–Kier alpha value is -1.53. The molecule has 0 aliphatic rings. The van der Waals surface area contributed by atoms with Crippen LogP contribution in [0.25, 0.3) is 0 Å². The van der Waals surface area contributed by atoms with E-state index < -0.39 is 17.0 Å². The number of carbonyl (C=O) groups excluding carboxylic acids is 1. The lowest BCUT2D eigenvalue weighted by Crippen LogP contribution is -2.25. The average Bonchev–Trinajstić information content (AvgIpc) is 2.31. The summed E-state index contributed by atoms with van der Waals surface area (Å²) in [7, 11) is 1.19. The fourth-order valence-corrected chi connectivity index (χ4v) is 1.47. The van der Waals surface area contributed by atoms with E-state index in [-0.39, 0.29) is 21.5 Å². The summed E-state index contributed by atoms with van der Waals surface area (Å²) in [6.45, 7) is 1.40. The number of carbonyl (C=O) groups is 1. The van der Waals surface area contributed by atoms with Crippen molar-refractivity contribution in [1.29, 1.82) is 0 Å². The summed E-state index contributed by atoms with van der Waals surface area (Å²) in [6, 6.07) is 2.24. The molecule has 0 amide bonds. The first-order valence-electron chi connectivity index (χ1n) is 4.74. The molecule has 0 heterocycles. The Morgan fingerprint density at radius 1 is 1.39 bits per heavy atom. The third-order valence-electron chi connectivity index (χ3n) is 2.04. The average molecular weight is 294 g/mol. The van der Waals surface area contributed by atoms with Gasteiger partial charge in [0.1, 0.15) is 0 Å². The summed E-state index contributed by atoms with van der Waals surface area (Å²) in [6.07, 6.45) is -0.994. The lowest BCUT2D eigenvalue weighted by molar-refractivity contribution is -0.386. The van der Waals surface area contributed by atoms with E-state index in [0.29, 0.717) is 0 Å².